The molecule has 7 nitrogen and oxygen atoms in total. The Hall–Kier alpha value is -1.80. The third kappa shape index (κ3) is 3.20. The lowest BCUT2D eigenvalue weighted by molar-refractivity contribution is 0.419. The zero-order chi connectivity index (χ0) is 14.5. The maximum Gasteiger partial charge on any atom is 0.226 e. The largest absolute Gasteiger partial charge is 0.502 e. The summed E-state index contributed by atoms with van der Waals surface area (Å²) >= 11 is 1.41. The molecule has 0 aliphatic rings. The van der Waals surface area contributed by atoms with Gasteiger partial charge in [0, 0.05) is 12.6 Å². The molecule has 0 unspecified atom stereocenters. The molecular weight excluding hydrogens is 280 g/mol. The van der Waals surface area contributed by atoms with Crippen LogP contribution in [-0.2, 0) is 18.8 Å². The Morgan fingerprint density at radius 3 is 2.95 bits per heavy atom. The third-order valence-electron chi connectivity index (χ3n) is 2.63. The van der Waals surface area contributed by atoms with Gasteiger partial charge in [-0.1, -0.05) is 18.7 Å². The summed E-state index contributed by atoms with van der Waals surface area (Å²) in [6, 6.07) is 1.27. The van der Waals surface area contributed by atoms with Gasteiger partial charge in [-0.25, -0.2) is 0 Å². The Labute approximate surface area is 119 Å². The first-order valence-corrected chi connectivity index (χ1v) is 7.20. The number of hydrogen-bond acceptors (Lipinski definition) is 7. The number of nitrogens with two attached hydrogens (primary N) is 1. The Morgan fingerprint density at radius 1 is 1.50 bits per heavy atom. The van der Waals surface area contributed by atoms with E-state index in [0.29, 0.717) is 18.1 Å². The Morgan fingerprint density at radius 2 is 2.30 bits per heavy atom. The van der Waals surface area contributed by atoms with E-state index in [1.807, 2.05) is 4.57 Å². The summed E-state index contributed by atoms with van der Waals surface area (Å²) in [4.78, 5) is 11.3. The van der Waals surface area contributed by atoms with Crippen LogP contribution in [0.5, 0.6) is 5.75 Å². The van der Waals surface area contributed by atoms with Crippen molar-refractivity contribution in [2.75, 3.05) is 0 Å². The zero-order valence-corrected chi connectivity index (χ0v) is 11.9. The first-order valence-electron chi connectivity index (χ1n) is 6.21. The molecule has 2 aromatic rings. The van der Waals surface area contributed by atoms with Crippen molar-refractivity contribution in [2.24, 2.45) is 5.73 Å². The summed E-state index contributed by atoms with van der Waals surface area (Å²) in [5.41, 5.74) is 5.16. The molecule has 0 atom stereocenters. The highest BCUT2D eigenvalue weighted by Crippen LogP contribution is 2.22. The van der Waals surface area contributed by atoms with Crippen LogP contribution in [0.2, 0.25) is 0 Å². The second-order valence-corrected chi connectivity index (χ2v) is 5.08. The standard InChI is InChI=1S/C12H16N4O3S/c1-2-3-16-11(5-13)14-15-12(16)20-7-8-4-9(17)10(18)6-19-8/h4,6,18H,2-3,5,7,13H2,1H3. The molecule has 2 rings (SSSR count). The van der Waals surface area contributed by atoms with E-state index in [2.05, 4.69) is 17.1 Å². The van der Waals surface area contributed by atoms with E-state index >= 15 is 0 Å². The molecule has 0 saturated carbocycles. The Bertz CT molecular complexity index is 638. The van der Waals surface area contributed by atoms with Crippen molar-refractivity contribution in [1.82, 2.24) is 14.8 Å². The maximum atomic E-state index is 11.3. The van der Waals surface area contributed by atoms with Crippen LogP contribution in [-0.4, -0.2) is 19.9 Å². The van der Waals surface area contributed by atoms with Crippen molar-refractivity contribution in [3.63, 3.8) is 0 Å². The molecule has 0 aliphatic carbocycles. The van der Waals surface area contributed by atoms with Crippen molar-refractivity contribution in [2.45, 2.75) is 37.3 Å². The van der Waals surface area contributed by atoms with E-state index in [4.69, 9.17) is 15.3 Å². The zero-order valence-electron chi connectivity index (χ0n) is 11.1. The number of thioether (sulfide) groups is 1. The van der Waals surface area contributed by atoms with Crippen molar-refractivity contribution in [1.29, 1.82) is 0 Å². The summed E-state index contributed by atoms with van der Waals surface area (Å²) in [5, 5.41) is 18.0. The maximum absolute atomic E-state index is 11.3. The number of nitrogens with zero attached hydrogens (tertiary/aromatic N) is 3. The average Bonchev–Trinajstić information content (AvgIpc) is 2.83. The van der Waals surface area contributed by atoms with Crippen LogP contribution >= 0.6 is 11.8 Å². The molecule has 0 fully saturated rings. The van der Waals surface area contributed by atoms with Gasteiger partial charge in [0.15, 0.2) is 10.9 Å². The van der Waals surface area contributed by atoms with Crippen LogP contribution in [0.15, 0.2) is 26.7 Å². The first-order chi connectivity index (χ1) is 9.65. The molecule has 2 aromatic heterocycles. The van der Waals surface area contributed by atoms with Gasteiger partial charge < -0.3 is 19.8 Å². The lowest BCUT2D eigenvalue weighted by Gasteiger charge is -2.07. The summed E-state index contributed by atoms with van der Waals surface area (Å²) < 4.78 is 7.10. The van der Waals surface area contributed by atoms with E-state index in [1.165, 1.54) is 17.8 Å². The summed E-state index contributed by atoms with van der Waals surface area (Å²) in [6.45, 7) is 3.19. The molecule has 8 heteroatoms. The van der Waals surface area contributed by atoms with E-state index < -0.39 is 11.2 Å². The highest BCUT2D eigenvalue weighted by Gasteiger charge is 2.12. The number of hydrogen-bond donors (Lipinski definition) is 2. The van der Waals surface area contributed by atoms with Crippen LogP contribution in [0.3, 0.4) is 0 Å². The Kier molecular flexibility index (Phi) is 4.80. The van der Waals surface area contributed by atoms with Crippen molar-refractivity contribution in [3.8, 4) is 5.75 Å². The van der Waals surface area contributed by atoms with Crippen LogP contribution in [0, 0.1) is 0 Å². The minimum absolute atomic E-state index is 0.335. The highest BCUT2D eigenvalue weighted by molar-refractivity contribution is 7.98. The SMILES string of the molecule is CCCn1c(CN)nnc1SCc1cc(=O)c(O)co1. The van der Waals surface area contributed by atoms with E-state index in [0.717, 1.165) is 30.2 Å². The molecule has 108 valence electrons. The second-order valence-electron chi connectivity index (χ2n) is 4.14. The Balaban J connectivity index is 2.12. The lowest BCUT2D eigenvalue weighted by atomic mass is 10.4. The molecule has 0 aliphatic heterocycles. The fourth-order valence-corrected chi connectivity index (χ4v) is 2.55. The van der Waals surface area contributed by atoms with Crippen molar-refractivity contribution in [3.05, 3.63) is 34.1 Å². The molecule has 20 heavy (non-hydrogen) atoms. The molecule has 0 radical (unpaired) electrons. The monoisotopic (exact) mass is 296 g/mol. The van der Waals surface area contributed by atoms with Crippen molar-refractivity contribution < 1.29 is 9.52 Å². The minimum Gasteiger partial charge on any atom is -0.502 e. The molecule has 3 N–H and O–H groups in total. The van der Waals surface area contributed by atoms with Gasteiger partial charge in [-0.05, 0) is 6.42 Å². The average molecular weight is 296 g/mol. The quantitative estimate of drug-likeness (QED) is 0.768. The second kappa shape index (κ2) is 6.58. The van der Waals surface area contributed by atoms with Crippen LogP contribution in [0.1, 0.15) is 24.9 Å². The number of aromatic hydroxyl groups is 1. The minimum atomic E-state index is -0.454. The van der Waals surface area contributed by atoms with Gasteiger partial charge in [0.25, 0.3) is 0 Å². The van der Waals surface area contributed by atoms with Gasteiger partial charge in [-0.15, -0.1) is 10.2 Å². The third-order valence-corrected chi connectivity index (χ3v) is 3.62. The van der Waals surface area contributed by atoms with Gasteiger partial charge in [0.1, 0.15) is 17.8 Å². The van der Waals surface area contributed by atoms with Gasteiger partial charge in [-0.3, -0.25) is 4.79 Å². The topological polar surface area (TPSA) is 107 Å². The van der Waals surface area contributed by atoms with Gasteiger partial charge >= 0.3 is 0 Å². The van der Waals surface area contributed by atoms with E-state index in [1.54, 1.807) is 0 Å². The lowest BCUT2D eigenvalue weighted by Crippen LogP contribution is -2.09. The van der Waals surface area contributed by atoms with Crippen LogP contribution in [0.25, 0.3) is 0 Å². The highest BCUT2D eigenvalue weighted by atomic mass is 32.2. The number of aromatic nitrogens is 3. The van der Waals surface area contributed by atoms with Gasteiger partial charge in [-0.2, -0.15) is 0 Å². The summed E-state index contributed by atoms with van der Waals surface area (Å²) in [6.07, 6.45) is 1.99. The molecule has 0 bridgehead atoms. The predicted octanol–water partition coefficient (Wildman–Crippen LogP) is 1.10. The van der Waals surface area contributed by atoms with E-state index in [9.17, 15) is 4.79 Å². The molecule has 0 saturated heterocycles. The summed E-state index contributed by atoms with van der Waals surface area (Å²) in [5.74, 6) is 1.25. The molecule has 0 aromatic carbocycles. The fourth-order valence-electron chi connectivity index (χ4n) is 1.68. The predicted molar refractivity (Wildman–Crippen MR) is 74.4 cm³/mol. The number of rotatable bonds is 6. The molecule has 2 heterocycles. The van der Waals surface area contributed by atoms with Crippen LogP contribution < -0.4 is 11.2 Å². The van der Waals surface area contributed by atoms with Crippen LogP contribution in [0.4, 0.5) is 0 Å². The fraction of sp³-hybridized carbons (Fsp3) is 0.417. The molecule has 0 amide bonds. The van der Waals surface area contributed by atoms with Gasteiger partial charge in [0.2, 0.25) is 5.43 Å². The van der Waals surface area contributed by atoms with Gasteiger partial charge in [0.05, 0.1) is 12.3 Å². The summed E-state index contributed by atoms with van der Waals surface area (Å²) in [7, 11) is 0. The van der Waals surface area contributed by atoms with Crippen molar-refractivity contribution >= 4 is 11.8 Å². The first kappa shape index (κ1) is 14.6. The normalized spacial score (nSPS) is 10.9. The molecule has 0 spiro atoms. The molecular formula is C12H16N4O3S. The smallest absolute Gasteiger partial charge is 0.226 e. The van der Waals surface area contributed by atoms with E-state index in [-0.39, 0.29) is 0 Å².